The number of nitrogens with zero attached hydrogens (tertiary/aromatic N) is 1. The molecule has 1 heterocycles. The van der Waals surface area contributed by atoms with E-state index < -0.39 is 0 Å². The van der Waals surface area contributed by atoms with Crippen molar-refractivity contribution in [3.8, 4) is 0 Å². The van der Waals surface area contributed by atoms with Crippen LogP contribution in [0.3, 0.4) is 0 Å². The molecule has 0 spiro atoms. The van der Waals surface area contributed by atoms with Crippen molar-refractivity contribution < 1.29 is 14.3 Å². The molecule has 4 bridgehead atoms. The van der Waals surface area contributed by atoms with E-state index in [1.54, 1.807) is 0 Å². The molecule has 1 amide bonds. The molecule has 4 fully saturated rings. The number of fused-ring (bicyclic) bond motifs is 1. The Hall–Kier alpha value is -2.30. The SMILES string of the molecule is COC(=O)C12C[C@@H]3C[C@@H](CC(NC(=O)Cn4ccc5ccccc54)(C3)C1)C2. The van der Waals surface area contributed by atoms with Gasteiger partial charge in [0.1, 0.15) is 6.54 Å². The van der Waals surface area contributed by atoms with Crippen molar-refractivity contribution in [1.29, 1.82) is 0 Å². The number of para-hydroxylation sites is 1. The summed E-state index contributed by atoms with van der Waals surface area (Å²) in [7, 11) is 1.49. The van der Waals surface area contributed by atoms with Crippen LogP contribution in [0.25, 0.3) is 10.9 Å². The van der Waals surface area contributed by atoms with Gasteiger partial charge in [-0.15, -0.1) is 0 Å². The van der Waals surface area contributed by atoms with Gasteiger partial charge in [-0.25, -0.2) is 0 Å². The second kappa shape index (κ2) is 5.85. The number of methoxy groups -OCH3 is 1. The molecular weight excluding hydrogens is 340 g/mol. The largest absolute Gasteiger partial charge is 0.469 e. The fraction of sp³-hybridized carbons (Fsp3) is 0.545. The van der Waals surface area contributed by atoms with E-state index in [-0.39, 0.29) is 22.8 Å². The third kappa shape index (κ3) is 2.67. The Labute approximate surface area is 159 Å². The summed E-state index contributed by atoms with van der Waals surface area (Å²) in [4.78, 5) is 25.5. The number of benzene rings is 1. The van der Waals surface area contributed by atoms with E-state index in [1.807, 2.05) is 35.0 Å². The summed E-state index contributed by atoms with van der Waals surface area (Å²) in [6, 6.07) is 10.1. The minimum Gasteiger partial charge on any atom is -0.469 e. The van der Waals surface area contributed by atoms with Crippen LogP contribution in [0.5, 0.6) is 0 Å². The predicted octanol–water partition coefficient (Wildman–Crippen LogP) is 3.27. The number of rotatable bonds is 4. The lowest BCUT2D eigenvalue weighted by Gasteiger charge is -2.60. The smallest absolute Gasteiger partial charge is 0.311 e. The molecule has 0 radical (unpaired) electrons. The Morgan fingerprint density at radius 1 is 1.15 bits per heavy atom. The number of carbonyl (C=O) groups excluding carboxylic acids is 2. The lowest BCUT2D eigenvalue weighted by Crippen LogP contribution is -2.65. The molecule has 142 valence electrons. The number of amides is 1. The number of nitrogens with one attached hydrogen (secondary N) is 1. The maximum absolute atomic E-state index is 12.9. The van der Waals surface area contributed by atoms with Gasteiger partial charge >= 0.3 is 5.97 Å². The summed E-state index contributed by atoms with van der Waals surface area (Å²) in [5.41, 5.74) is 0.453. The van der Waals surface area contributed by atoms with E-state index in [9.17, 15) is 9.59 Å². The fourth-order valence-electron chi connectivity index (χ4n) is 6.63. The van der Waals surface area contributed by atoms with E-state index in [0.717, 1.165) is 43.0 Å². The number of hydrogen-bond donors (Lipinski definition) is 1. The summed E-state index contributed by atoms with van der Waals surface area (Å²) in [6.45, 7) is 0.315. The van der Waals surface area contributed by atoms with Gasteiger partial charge in [0.15, 0.2) is 0 Å². The molecular formula is C22H26N2O3. The third-order valence-corrected chi connectivity index (χ3v) is 7.08. The second-order valence-corrected chi connectivity index (χ2v) is 9.06. The van der Waals surface area contributed by atoms with Gasteiger partial charge in [0.05, 0.1) is 12.5 Å². The monoisotopic (exact) mass is 366 g/mol. The van der Waals surface area contributed by atoms with Gasteiger partial charge in [-0.3, -0.25) is 9.59 Å². The van der Waals surface area contributed by atoms with Crippen LogP contribution in [0.1, 0.15) is 38.5 Å². The minimum absolute atomic E-state index is 0.0401. The molecule has 4 aliphatic carbocycles. The van der Waals surface area contributed by atoms with Gasteiger partial charge in [-0.05, 0) is 67.9 Å². The zero-order chi connectivity index (χ0) is 18.6. The van der Waals surface area contributed by atoms with Crippen LogP contribution in [0.15, 0.2) is 36.5 Å². The number of ether oxygens (including phenoxy) is 1. The first-order chi connectivity index (χ1) is 13.0. The second-order valence-electron chi connectivity index (χ2n) is 9.06. The molecule has 4 atom stereocenters. The molecule has 5 nitrogen and oxygen atoms in total. The molecule has 6 rings (SSSR count). The van der Waals surface area contributed by atoms with Crippen LogP contribution in [0.2, 0.25) is 0 Å². The van der Waals surface area contributed by atoms with Crippen molar-refractivity contribution in [2.24, 2.45) is 17.3 Å². The summed E-state index contributed by atoms with van der Waals surface area (Å²) in [5.74, 6) is 1.01. The van der Waals surface area contributed by atoms with Gasteiger partial charge < -0.3 is 14.6 Å². The van der Waals surface area contributed by atoms with Crippen LogP contribution in [-0.2, 0) is 20.9 Å². The lowest BCUT2D eigenvalue weighted by molar-refractivity contribution is -0.173. The van der Waals surface area contributed by atoms with E-state index >= 15 is 0 Å². The highest BCUT2D eigenvalue weighted by atomic mass is 16.5. The van der Waals surface area contributed by atoms with E-state index in [0.29, 0.717) is 18.4 Å². The molecule has 0 aliphatic heterocycles. The Kier molecular flexibility index (Phi) is 3.65. The average Bonchev–Trinajstić information content (AvgIpc) is 3.02. The summed E-state index contributed by atoms with van der Waals surface area (Å²) >= 11 is 0. The van der Waals surface area contributed by atoms with Crippen molar-refractivity contribution >= 4 is 22.8 Å². The molecule has 1 N–H and O–H groups in total. The number of carbonyl (C=O) groups is 2. The topological polar surface area (TPSA) is 60.3 Å². The molecule has 1 aromatic heterocycles. The first-order valence-electron chi connectivity index (χ1n) is 9.94. The van der Waals surface area contributed by atoms with E-state index in [2.05, 4.69) is 11.4 Å². The number of esters is 1. The van der Waals surface area contributed by atoms with Crippen molar-refractivity contribution in [2.45, 2.75) is 50.6 Å². The highest BCUT2D eigenvalue weighted by molar-refractivity contribution is 5.84. The van der Waals surface area contributed by atoms with E-state index in [4.69, 9.17) is 4.74 Å². The fourth-order valence-corrected chi connectivity index (χ4v) is 6.63. The molecule has 27 heavy (non-hydrogen) atoms. The quantitative estimate of drug-likeness (QED) is 0.845. The highest BCUT2D eigenvalue weighted by Gasteiger charge is 2.61. The zero-order valence-corrected chi connectivity index (χ0v) is 15.7. The van der Waals surface area contributed by atoms with Gasteiger partial charge in [0.2, 0.25) is 5.91 Å². The minimum atomic E-state index is -0.383. The summed E-state index contributed by atoms with van der Waals surface area (Å²) in [6.07, 6.45) is 7.75. The molecule has 2 aromatic rings. The standard InChI is InChI=1S/C22H26N2O3/c1-27-20(26)21-9-15-8-16(10-21)12-22(11-15,14-21)23-19(25)13-24-7-6-17-4-2-3-5-18(17)24/h2-7,15-16H,8-14H2,1H3,(H,23,25)/t15-,16+,21?,22?. The van der Waals surface area contributed by atoms with E-state index in [1.165, 1.54) is 13.5 Å². The summed E-state index contributed by atoms with van der Waals surface area (Å²) < 4.78 is 7.16. The lowest BCUT2D eigenvalue weighted by atomic mass is 9.47. The van der Waals surface area contributed by atoms with Crippen molar-refractivity contribution in [2.75, 3.05) is 7.11 Å². The first-order valence-corrected chi connectivity index (χ1v) is 9.94. The maximum atomic E-state index is 12.9. The average molecular weight is 366 g/mol. The first kappa shape index (κ1) is 16.8. The zero-order valence-electron chi connectivity index (χ0n) is 15.7. The van der Waals surface area contributed by atoms with Crippen molar-refractivity contribution in [3.05, 3.63) is 36.5 Å². The van der Waals surface area contributed by atoms with Gasteiger partial charge in [-0.2, -0.15) is 0 Å². The molecule has 1 aromatic carbocycles. The molecule has 0 saturated heterocycles. The molecule has 2 unspecified atom stereocenters. The van der Waals surface area contributed by atoms with Crippen LogP contribution in [0, 0.1) is 17.3 Å². The number of hydrogen-bond acceptors (Lipinski definition) is 3. The van der Waals surface area contributed by atoms with Crippen LogP contribution in [0.4, 0.5) is 0 Å². The summed E-state index contributed by atoms with van der Waals surface area (Å²) in [5, 5.41) is 4.51. The Morgan fingerprint density at radius 2 is 1.89 bits per heavy atom. The van der Waals surface area contributed by atoms with Crippen molar-refractivity contribution in [3.63, 3.8) is 0 Å². The Bertz CT molecular complexity index is 901. The maximum Gasteiger partial charge on any atom is 0.311 e. The normalized spacial score (nSPS) is 34.0. The Balaban J connectivity index is 1.37. The molecule has 4 saturated carbocycles. The molecule has 4 aliphatic rings. The van der Waals surface area contributed by atoms with Crippen LogP contribution in [-0.4, -0.2) is 29.1 Å². The third-order valence-electron chi connectivity index (χ3n) is 7.08. The van der Waals surface area contributed by atoms with Crippen molar-refractivity contribution in [1.82, 2.24) is 9.88 Å². The number of aromatic nitrogens is 1. The van der Waals surface area contributed by atoms with Gasteiger partial charge in [0, 0.05) is 17.3 Å². The predicted molar refractivity (Wildman–Crippen MR) is 102 cm³/mol. The highest BCUT2D eigenvalue weighted by Crippen LogP contribution is 2.62. The molecule has 5 heteroatoms. The van der Waals surface area contributed by atoms with Crippen LogP contribution >= 0.6 is 0 Å². The van der Waals surface area contributed by atoms with Gasteiger partial charge in [-0.1, -0.05) is 18.2 Å². The Morgan fingerprint density at radius 3 is 2.63 bits per heavy atom. The van der Waals surface area contributed by atoms with Crippen LogP contribution < -0.4 is 5.32 Å². The van der Waals surface area contributed by atoms with Gasteiger partial charge in [0.25, 0.3) is 0 Å².